The third-order valence-corrected chi connectivity index (χ3v) is 7.06. The van der Waals surface area contributed by atoms with E-state index < -0.39 is 0 Å². The van der Waals surface area contributed by atoms with Crippen LogP contribution in [0.25, 0.3) is 21.9 Å². The summed E-state index contributed by atoms with van der Waals surface area (Å²) in [5, 5.41) is 5.18. The number of benzene rings is 2. The molecule has 7 nitrogen and oxygen atoms in total. The number of fused-ring (bicyclic) bond motifs is 2. The molecule has 1 fully saturated rings. The third kappa shape index (κ3) is 4.18. The van der Waals surface area contributed by atoms with Crippen molar-refractivity contribution in [1.29, 1.82) is 0 Å². The summed E-state index contributed by atoms with van der Waals surface area (Å²) in [6.07, 6.45) is 3.53. The summed E-state index contributed by atoms with van der Waals surface area (Å²) < 4.78 is 0. The summed E-state index contributed by atoms with van der Waals surface area (Å²) >= 11 is 12.7. The molecule has 0 aliphatic carbocycles. The monoisotopic (exact) mass is 496 g/mol. The number of hydrogen-bond acceptors (Lipinski definition) is 5. The van der Waals surface area contributed by atoms with E-state index in [0.29, 0.717) is 32.9 Å². The van der Waals surface area contributed by atoms with Gasteiger partial charge in [-0.15, -0.1) is 0 Å². The van der Waals surface area contributed by atoms with Gasteiger partial charge >= 0.3 is 0 Å². The van der Waals surface area contributed by atoms with Crippen LogP contribution >= 0.6 is 23.2 Å². The molecule has 0 unspecified atom stereocenters. The van der Waals surface area contributed by atoms with Crippen LogP contribution in [0, 0.1) is 5.92 Å². The zero-order valence-electron chi connectivity index (χ0n) is 19.3. The second kappa shape index (κ2) is 9.04. The van der Waals surface area contributed by atoms with Crippen molar-refractivity contribution in [3.05, 3.63) is 58.1 Å². The number of carbonyl (C=O) groups excluding carboxylic acids is 1. The number of aromatic amines is 1. The Morgan fingerprint density at radius 1 is 1.15 bits per heavy atom. The van der Waals surface area contributed by atoms with Crippen molar-refractivity contribution < 1.29 is 4.79 Å². The molecule has 1 amide bonds. The first kappa shape index (κ1) is 22.9. The predicted octanol–water partition coefficient (Wildman–Crippen LogP) is 6.25. The minimum atomic E-state index is -0.166. The van der Waals surface area contributed by atoms with E-state index in [4.69, 9.17) is 23.2 Å². The largest absolute Gasteiger partial charge is 0.360 e. The van der Waals surface area contributed by atoms with E-state index in [0.717, 1.165) is 41.6 Å². The van der Waals surface area contributed by atoms with E-state index in [2.05, 4.69) is 39.1 Å². The Labute approximate surface area is 207 Å². The van der Waals surface area contributed by atoms with E-state index in [1.165, 1.54) is 6.33 Å². The average molecular weight is 497 g/mol. The number of imidazole rings is 1. The van der Waals surface area contributed by atoms with Crippen LogP contribution in [-0.2, 0) is 0 Å². The fourth-order valence-corrected chi connectivity index (χ4v) is 5.14. The van der Waals surface area contributed by atoms with Gasteiger partial charge in [0.05, 0.1) is 33.2 Å². The number of halogens is 2. The highest BCUT2D eigenvalue weighted by Gasteiger charge is 2.32. The fourth-order valence-electron chi connectivity index (χ4n) is 4.73. The SMILES string of the molecule is CC(C)[C@@H]1CCCN1C(=O)c1cc2ncnc(N[C@@H](C)c3nc4cc(Cl)ccc4[nH]3)c2cc1Cl. The molecule has 0 radical (unpaired) electrons. The Balaban J connectivity index is 1.45. The first-order chi connectivity index (χ1) is 16.3. The lowest BCUT2D eigenvalue weighted by molar-refractivity contribution is 0.0702. The number of carbonyl (C=O) groups is 1. The highest BCUT2D eigenvalue weighted by molar-refractivity contribution is 6.35. The van der Waals surface area contributed by atoms with Crippen LogP contribution in [0.2, 0.25) is 10.0 Å². The number of amides is 1. The summed E-state index contributed by atoms with van der Waals surface area (Å²) in [5.41, 5.74) is 2.85. The zero-order chi connectivity index (χ0) is 24.0. The number of nitrogens with zero attached hydrogens (tertiary/aromatic N) is 4. The first-order valence-electron chi connectivity index (χ1n) is 11.5. The average Bonchev–Trinajstić information content (AvgIpc) is 3.46. The van der Waals surface area contributed by atoms with Crippen LogP contribution in [0.15, 0.2) is 36.7 Å². The number of aromatic nitrogens is 4. The lowest BCUT2D eigenvalue weighted by Gasteiger charge is -2.28. The minimum absolute atomic E-state index is 0.0366. The molecule has 2 aromatic carbocycles. The van der Waals surface area contributed by atoms with Crippen molar-refractivity contribution >= 4 is 56.9 Å². The van der Waals surface area contributed by atoms with Crippen molar-refractivity contribution in [2.24, 2.45) is 5.92 Å². The van der Waals surface area contributed by atoms with E-state index in [9.17, 15) is 4.79 Å². The van der Waals surface area contributed by atoms with Gasteiger partial charge in [0.2, 0.25) is 0 Å². The van der Waals surface area contributed by atoms with Crippen LogP contribution in [0.3, 0.4) is 0 Å². The number of anilines is 1. The van der Waals surface area contributed by atoms with E-state index in [1.807, 2.05) is 30.0 Å². The molecular weight excluding hydrogens is 471 g/mol. The number of H-pyrrole nitrogens is 1. The molecule has 0 spiro atoms. The molecule has 0 saturated carbocycles. The Kier molecular flexibility index (Phi) is 6.08. The molecule has 176 valence electrons. The second-order valence-corrected chi connectivity index (χ2v) is 10.0. The number of rotatable bonds is 5. The van der Waals surface area contributed by atoms with Gasteiger partial charge in [-0.2, -0.15) is 0 Å². The van der Waals surface area contributed by atoms with Crippen molar-refractivity contribution in [3.8, 4) is 0 Å². The summed E-state index contributed by atoms with van der Waals surface area (Å²) in [5.74, 6) is 1.75. The van der Waals surface area contributed by atoms with Crippen molar-refractivity contribution in [2.75, 3.05) is 11.9 Å². The number of hydrogen-bond donors (Lipinski definition) is 2. The highest BCUT2D eigenvalue weighted by Crippen LogP contribution is 2.32. The number of nitrogens with one attached hydrogen (secondary N) is 2. The van der Waals surface area contributed by atoms with Crippen LogP contribution in [0.5, 0.6) is 0 Å². The van der Waals surface area contributed by atoms with E-state index >= 15 is 0 Å². The van der Waals surface area contributed by atoms with E-state index in [-0.39, 0.29) is 18.0 Å². The lowest BCUT2D eigenvalue weighted by Crippen LogP contribution is -2.38. The van der Waals surface area contributed by atoms with Crippen molar-refractivity contribution in [1.82, 2.24) is 24.8 Å². The molecule has 2 atom stereocenters. The second-order valence-electron chi connectivity index (χ2n) is 9.17. The minimum Gasteiger partial charge on any atom is -0.360 e. The number of likely N-dealkylation sites (tertiary alicyclic amines) is 1. The maximum absolute atomic E-state index is 13.3. The van der Waals surface area contributed by atoms with Gasteiger partial charge in [0.15, 0.2) is 0 Å². The molecule has 2 aromatic heterocycles. The first-order valence-corrected chi connectivity index (χ1v) is 12.2. The van der Waals surface area contributed by atoms with Gasteiger partial charge in [0.25, 0.3) is 5.91 Å². The highest BCUT2D eigenvalue weighted by atomic mass is 35.5. The van der Waals surface area contributed by atoms with Gasteiger partial charge in [-0.25, -0.2) is 15.0 Å². The van der Waals surface area contributed by atoms with Crippen LogP contribution in [0.1, 0.15) is 55.8 Å². The van der Waals surface area contributed by atoms with Gasteiger partial charge < -0.3 is 15.2 Å². The van der Waals surface area contributed by atoms with Crippen molar-refractivity contribution in [3.63, 3.8) is 0 Å². The molecule has 1 aliphatic rings. The summed E-state index contributed by atoms with van der Waals surface area (Å²) in [6.45, 7) is 7.06. The Morgan fingerprint density at radius 3 is 2.76 bits per heavy atom. The summed E-state index contributed by atoms with van der Waals surface area (Å²) in [6, 6.07) is 9.18. The standard InChI is InChI=1S/C25H26Cl2N6O/c1-13(2)22-5-4-8-33(22)25(34)16-11-20-17(10-18(16)27)24(29-12-28-20)30-14(3)23-31-19-7-6-15(26)9-21(19)32-23/h6-7,9-14,22H,4-5,8H2,1-3H3,(H,31,32)(H,28,29,30)/t14-,22-/m0/s1. The molecule has 9 heteroatoms. The van der Waals surface area contributed by atoms with Gasteiger partial charge in [-0.3, -0.25) is 4.79 Å². The quantitative estimate of drug-likeness (QED) is 0.341. The summed E-state index contributed by atoms with van der Waals surface area (Å²) in [4.78, 5) is 32.1. The Bertz CT molecular complexity index is 1380. The zero-order valence-corrected chi connectivity index (χ0v) is 20.8. The van der Waals surface area contributed by atoms with Gasteiger partial charge in [0.1, 0.15) is 18.0 Å². The molecule has 5 rings (SSSR count). The Morgan fingerprint density at radius 2 is 1.97 bits per heavy atom. The summed E-state index contributed by atoms with van der Waals surface area (Å²) in [7, 11) is 0. The maximum Gasteiger partial charge on any atom is 0.255 e. The van der Waals surface area contributed by atoms with Gasteiger partial charge in [-0.05, 0) is 56.0 Å². The van der Waals surface area contributed by atoms with Crippen molar-refractivity contribution in [2.45, 2.75) is 45.7 Å². The lowest BCUT2D eigenvalue weighted by atomic mass is 10.0. The third-order valence-electron chi connectivity index (χ3n) is 6.51. The van der Waals surface area contributed by atoms with Gasteiger partial charge in [-0.1, -0.05) is 37.0 Å². The molecule has 3 heterocycles. The molecule has 1 saturated heterocycles. The Hall–Kier alpha value is -2.90. The molecule has 4 aromatic rings. The predicted molar refractivity (Wildman–Crippen MR) is 137 cm³/mol. The van der Waals surface area contributed by atoms with Gasteiger partial charge in [0, 0.05) is 23.0 Å². The normalized spacial score (nSPS) is 17.1. The molecule has 34 heavy (non-hydrogen) atoms. The maximum atomic E-state index is 13.3. The van der Waals surface area contributed by atoms with E-state index in [1.54, 1.807) is 12.1 Å². The topological polar surface area (TPSA) is 86.8 Å². The smallest absolute Gasteiger partial charge is 0.255 e. The molecule has 1 aliphatic heterocycles. The fraction of sp³-hybridized carbons (Fsp3) is 0.360. The van der Waals surface area contributed by atoms with Crippen LogP contribution < -0.4 is 5.32 Å². The molecule has 0 bridgehead atoms. The van der Waals surface area contributed by atoms with Crippen LogP contribution in [0.4, 0.5) is 5.82 Å². The molecular formula is C25H26Cl2N6O. The van der Waals surface area contributed by atoms with Crippen LogP contribution in [-0.4, -0.2) is 43.3 Å². The molecule has 2 N–H and O–H groups in total.